The number of carbonyl (C=O) groups is 1. The third-order valence-corrected chi connectivity index (χ3v) is 3.94. The van der Waals surface area contributed by atoms with Crippen LogP contribution in [-0.4, -0.2) is 11.0 Å². The van der Waals surface area contributed by atoms with Gasteiger partial charge in [0.2, 0.25) is 0 Å². The Morgan fingerprint density at radius 2 is 1.76 bits per heavy atom. The molecule has 0 atom stereocenters. The Hall–Kier alpha value is -3.93. The minimum absolute atomic E-state index is 0.325. The molecule has 9 heteroatoms. The number of nitrogens with zero attached hydrogens (tertiary/aromatic N) is 2. The molecular formula is C20H12F4N4O. The maximum absolute atomic E-state index is 13.7. The molecule has 29 heavy (non-hydrogen) atoms. The van der Waals surface area contributed by atoms with Gasteiger partial charge in [-0.05, 0) is 42.0 Å². The van der Waals surface area contributed by atoms with Gasteiger partial charge in [-0.3, -0.25) is 4.98 Å². The molecule has 5 nitrogen and oxygen atoms in total. The number of hydrogen-bond donors (Lipinski definition) is 2. The highest BCUT2D eigenvalue weighted by Crippen LogP contribution is 2.32. The van der Waals surface area contributed by atoms with Crippen LogP contribution in [0.5, 0.6) is 0 Å². The lowest BCUT2D eigenvalue weighted by molar-refractivity contribution is -0.137. The second-order valence-corrected chi connectivity index (χ2v) is 5.88. The maximum atomic E-state index is 13.7. The van der Waals surface area contributed by atoms with Crippen molar-refractivity contribution >= 4 is 17.4 Å². The summed E-state index contributed by atoms with van der Waals surface area (Å²) in [7, 11) is 0. The number of nitrogens with one attached hydrogen (secondary N) is 2. The van der Waals surface area contributed by atoms with Crippen molar-refractivity contribution < 1.29 is 22.4 Å². The van der Waals surface area contributed by atoms with Crippen LogP contribution in [0.4, 0.5) is 33.7 Å². The normalized spacial score (nSPS) is 10.9. The molecule has 1 aromatic heterocycles. The number of benzene rings is 2. The number of hydrogen-bond acceptors (Lipinski definition) is 3. The van der Waals surface area contributed by atoms with Crippen molar-refractivity contribution in [2.75, 3.05) is 10.6 Å². The highest BCUT2D eigenvalue weighted by atomic mass is 19.4. The van der Waals surface area contributed by atoms with Gasteiger partial charge in [-0.25, -0.2) is 9.18 Å². The molecule has 3 aromatic rings. The molecule has 1 heterocycles. The fourth-order valence-electron chi connectivity index (χ4n) is 2.55. The van der Waals surface area contributed by atoms with E-state index in [0.717, 1.165) is 0 Å². The van der Waals surface area contributed by atoms with Crippen molar-refractivity contribution in [1.82, 2.24) is 4.98 Å². The minimum Gasteiger partial charge on any atom is -0.308 e. The number of rotatable bonds is 3. The van der Waals surface area contributed by atoms with E-state index in [1.54, 1.807) is 36.5 Å². The Balaban J connectivity index is 1.73. The van der Waals surface area contributed by atoms with Crippen LogP contribution in [0.1, 0.15) is 11.1 Å². The molecule has 0 aliphatic carbocycles. The highest BCUT2D eigenvalue weighted by molar-refractivity contribution is 6.00. The molecule has 0 spiro atoms. The first kappa shape index (κ1) is 19.8. The molecule has 0 bridgehead atoms. The number of nitriles is 1. The predicted molar refractivity (Wildman–Crippen MR) is 98.4 cm³/mol. The summed E-state index contributed by atoms with van der Waals surface area (Å²) in [6, 6.07) is 10.9. The van der Waals surface area contributed by atoms with E-state index in [1.807, 2.05) is 6.07 Å². The van der Waals surface area contributed by atoms with E-state index in [9.17, 15) is 22.4 Å². The van der Waals surface area contributed by atoms with Crippen LogP contribution in [0.15, 0.2) is 60.9 Å². The maximum Gasteiger partial charge on any atom is 0.416 e. The highest BCUT2D eigenvalue weighted by Gasteiger charge is 2.31. The topological polar surface area (TPSA) is 77.8 Å². The van der Waals surface area contributed by atoms with Gasteiger partial charge >= 0.3 is 12.2 Å². The standard InChI is InChI=1S/C20H12F4N4O/c21-17-6-3-14(20(22,23)24)9-18(17)28-19(29)27-15-4-1-12(2-5-15)16-7-8-26-11-13(16)10-25/h1-9,11H,(H2,27,28,29). The molecule has 2 N–H and O–H groups in total. The van der Waals surface area contributed by atoms with Crippen LogP contribution in [0, 0.1) is 17.1 Å². The van der Waals surface area contributed by atoms with E-state index < -0.39 is 29.3 Å². The Labute approximate surface area is 162 Å². The molecule has 3 rings (SSSR count). The van der Waals surface area contributed by atoms with Gasteiger partial charge in [0, 0.05) is 23.6 Å². The summed E-state index contributed by atoms with van der Waals surface area (Å²) in [4.78, 5) is 15.9. The first-order valence-electron chi connectivity index (χ1n) is 8.17. The Morgan fingerprint density at radius 1 is 1.03 bits per heavy atom. The van der Waals surface area contributed by atoms with E-state index in [2.05, 4.69) is 15.6 Å². The molecule has 2 amide bonds. The first-order valence-corrected chi connectivity index (χ1v) is 8.17. The Morgan fingerprint density at radius 3 is 2.41 bits per heavy atom. The zero-order valence-electron chi connectivity index (χ0n) is 14.6. The lowest BCUT2D eigenvalue weighted by atomic mass is 10.0. The summed E-state index contributed by atoms with van der Waals surface area (Å²) >= 11 is 0. The van der Waals surface area contributed by atoms with Crippen LogP contribution < -0.4 is 10.6 Å². The molecule has 0 fully saturated rings. The molecule has 0 aliphatic rings. The molecule has 146 valence electrons. The summed E-state index contributed by atoms with van der Waals surface area (Å²) in [6.45, 7) is 0. The monoisotopic (exact) mass is 400 g/mol. The molecule has 0 saturated carbocycles. The summed E-state index contributed by atoms with van der Waals surface area (Å²) in [5.41, 5.74) is 0.397. The molecule has 0 unspecified atom stereocenters. The number of alkyl halides is 3. The number of halogens is 4. The predicted octanol–water partition coefficient (Wildman–Crippen LogP) is 5.42. The number of urea groups is 1. The van der Waals surface area contributed by atoms with Crippen molar-refractivity contribution in [3.63, 3.8) is 0 Å². The molecule has 0 saturated heterocycles. The summed E-state index contributed by atoms with van der Waals surface area (Å²) < 4.78 is 52.0. The molecular weight excluding hydrogens is 388 g/mol. The summed E-state index contributed by atoms with van der Waals surface area (Å²) in [5.74, 6) is -0.995. The van der Waals surface area contributed by atoms with E-state index in [1.165, 1.54) is 6.20 Å². The summed E-state index contributed by atoms with van der Waals surface area (Å²) in [5, 5.41) is 13.6. The zero-order chi connectivity index (χ0) is 21.0. The first-order chi connectivity index (χ1) is 13.8. The van der Waals surface area contributed by atoms with Gasteiger partial charge in [0.15, 0.2) is 0 Å². The van der Waals surface area contributed by atoms with Crippen LogP contribution in [0.3, 0.4) is 0 Å². The number of pyridine rings is 1. The number of amides is 2. The Bertz CT molecular complexity index is 1090. The molecule has 0 aliphatic heterocycles. The lowest BCUT2D eigenvalue weighted by Gasteiger charge is -2.12. The number of anilines is 2. The van der Waals surface area contributed by atoms with Gasteiger partial charge in [0.25, 0.3) is 0 Å². The van der Waals surface area contributed by atoms with E-state index >= 15 is 0 Å². The smallest absolute Gasteiger partial charge is 0.308 e. The van der Waals surface area contributed by atoms with Gasteiger partial charge in [-0.15, -0.1) is 0 Å². The second kappa shape index (κ2) is 7.98. The van der Waals surface area contributed by atoms with E-state index in [4.69, 9.17) is 5.26 Å². The average molecular weight is 400 g/mol. The average Bonchev–Trinajstić information content (AvgIpc) is 2.69. The fraction of sp³-hybridized carbons (Fsp3) is 0.0500. The third-order valence-electron chi connectivity index (χ3n) is 3.94. The van der Waals surface area contributed by atoms with Crippen molar-refractivity contribution in [3.8, 4) is 17.2 Å². The van der Waals surface area contributed by atoms with Crippen molar-refractivity contribution in [3.05, 3.63) is 77.9 Å². The second-order valence-electron chi connectivity index (χ2n) is 5.88. The lowest BCUT2D eigenvalue weighted by Crippen LogP contribution is -2.20. The zero-order valence-corrected chi connectivity index (χ0v) is 14.6. The SMILES string of the molecule is N#Cc1cnccc1-c1ccc(NC(=O)Nc2cc(C(F)(F)F)ccc2F)cc1. The van der Waals surface area contributed by atoms with Gasteiger partial charge in [-0.1, -0.05) is 12.1 Å². The van der Waals surface area contributed by atoms with Crippen molar-refractivity contribution in [1.29, 1.82) is 5.26 Å². The van der Waals surface area contributed by atoms with Crippen LogP contribution in [-0.2, 0) is 6.18 Å². The van der Waals surface area contributed by atoms with Gasteiger partial charge in [0.05, 0.1) is 16.8 Å². The van der Waals surface area contributed by atoms with Crippen LogP contribution in [0.2, 0.25) is 0 Å². The van der Waals surface area contributed by atoms with E-state index in [0.29, 0.717) is 40.6 Å². The van der Waals surface area contributed by atoms with Crippen LogP contribution in [0.25, 0.3) is 11.1 Å². The summed E-state index contributed by atoms with van der Waals surface area (Å²) in [6.07, 6.45) is -1.69. The van der Waals surface area contributed by atoms with Crippen molar-refractivity contribution in [2.45, 2.75) is 6.18 Å². The fourth-order valence-corrected chi connectivity index (χ4v) is 2.55. The van der Waals surface area contributed by atoms with Crippen LogP contribution >= 0.6 is 0 Å². The largest absolute Gasteiger partial charge is 0.416 e. The third kappa shape index (κ3) is 4.68. The Kier molecular flexibility index (Phi) is 5.45. The minimum atomic E-state index is -4.66. The number of carbonyl (C=O) groups excluding carboxylic acids is 1. The van der Waals surface area contributed by atoms with E-state index in [-0.39, 0.29) is 0 Å². The van der Waals surface area contributed by atoms with Gasteiger partial charge < -0.3 is 10.6 Å². The molecule has 2 aromatic carbocycles. The van der Waals surface area contributed by atoms with Gasteiger partial charge in [-0.2, -0.15) is 18.4 Å². The molecule has 0 radical (unpaired) electrons. The van der Waals surface area contributed by atoms with Crippen molar-refractivity contribution in [2.24, 2.45) is 0 Å². The van der Waals surface area contributed by atoms with Gasteiger partial charge in [0.1, 0.15) is 11.9 Å². The number of aromatic nitrogens is 1. The quantitative estimate of drug-likeness (QED) is 0.576.